The van der Waals surface area contributed by atoms with E-state index in [1.807, 2.05) is 66.0 Å². The van der Waals surface area contributed by atoms with Crippen LogP contribution in [0.1, 0.15) is 24.5 Å². The van der Waals surface area contributed by atoms with E-state index in [-0.39, 0.29) is 9.99 Å². The summed E-state index contributed by atoms with van der Waals surface area (Å²) in [6.45, 7) is 2.54. The highest BCUT2D eigenvalue weighted by atomic mass is 79.9. The van der Waals surface area contributed by atoms with E-state index >= 15 is 0 Å². The summed E-state index contributed by atoms with van der Waals surface area (Å²) in [5.74, 6) is 3.31. The maximum absolute atomic E-state index is 12.2. The molecule has 154 valence electrons. The smallest absolute Gasteiger partial charge is 0.242 e. The molecule has 0 spiro atoms. The Morgan fingerprint density at radius 2 is 2.00 bits per heavy atom. The van der Waals surface area contributed by atoms with Crippen molar-refractivity contribution in [2.75, 3.05) is 18.6 Å². The van der Waals surface area contributed by atoms with Gasteiger partial charge in [0.2, 0.25) is 5.91 Å². The van der Waals surface area contributed by atoms with Crippen molar-refractivity contribution < 1.29 is 14.3 Å². The number of hydrazone groups is 1. The number of nitrogens with one attached hydrogen (secondary N) is 1. The molecule has 3 rings (SSSR count). The number of ether oxygens (including phenoxy) is 2. The van der Waals surface area contributed by atoms with Crippen molar-refractivity contribution in [3.63, 3.8) is 0 Å². The van der Waals surface area contributed by atoms with Gasteiger partial charge >= 0.3 is 0 Å². The lowest BCUT2D eigenvalue weighted by Gasteiger charge is -2.19. The minimum absolute atomic E-state index is 0.0520. The zero-order valence-corrected chi connectivity index (χ0v) is 19.5. The van der Waals surface area contributed by atoms with E-state index < -0.39 is 0 Å². The fourth-order valence-corrected chi connectivity index (χ4v) is 6.26. The van der Waals surface area contributed by atoms with Crippen molar-refractivity contribution in [2.45, 2.75) is 24.0 Å². The van der Waals surface area contributed by atoms with Crippen LogP contribution in [0.5, 0.6) is 11.5 Å². The SMILES string of the molecule is COc1cc(C=NNC(=O)CC2(C)SCCS2)cc(Br)c1OCc1ccccc1. The number of thioether (sulfide) groups is 2. The van der Waals surface area contributed by atoms with Crippen molar-refractivity contribution in [2.24, 2.45) is 5.10 Å². The Balaban J connectivity index is 1.61. The van der Waals surface area contributed by atoms with Crippen LogP contribution in [0.15, 0.2) is 52.0 Å². The number of hydrogen-bond donors (Lipinski definition) is 1. The molecule has 0 unspecified atom stereocenters. The number of halogens is 1. The first-order valence-corrected chi connectivity index (χ1v) is 11.9. The molecular weight excluding hydrogens is 472 g/mol. The Morgan fingerprint density at radius 1 is 1.28 bits per heavy atom. The molecule has 0 radical (unpaired) electrons. The van der Waals surface area contributed by atoms with Gasteiger partial charge in [-0.2, -0.15) is 5.10 Å². The molecule has 2 aromatic rings. The van der Waals surface area contributed by atoms with Gasteiger partial charge in [0.25, 0.3) is 0 Å². The predicted molar refractivity (Wildman–Crippen MR) is 125 cm³/mol. The summed E-state index contributed by atoms with van der Waals surface area (Å²) < 4.78 is 12.1. The van der Waals surface area contributed by atoms with Crippen LogP contribution in [0.3, 0.4) is 0 Å². The van der Waals surface area contributed by atoms with Crippen LogP contribution in [-0.2, 0) is 11.4 Å². The fraction of sp³-hybridized carbons (Fsp3) is 0.333. The standard InChI is InChI=1S/C21H23BrN2O3S2/c1-21(28-8-9-29-21)12-19(25)24-23-13-16-10-17(22)20(18(11-16)26-2)27-14-15-6-4-3-5-7-15/h3-7,10-11,13H,8-9,12,14H2,1-2H3,(H,24,25). The molecule has 1 heterocycles. The van der Waals surface area contributed by atoms with Gasteiger partial charge in [-0.1, -0.05) is 30.3 Å². The van der Waals surface area contributed by atoms with E-state index in [1.54, 1.807) is 13.3 Å². The first kappa shape index (κ1) is 22.1. The highest BCUT2D eigenvalue weighted by Gasteiger charge is 2.32. The lowest BCUT2D eigenvalue weighted by atomic mass is 10.2. The van der Waals surface area contributed by atoms with Gasteiger partial charge in [-0.25, -0.2) is 5.43 Å². The lowest BCUT2D eigenvalue weighted by Crippen LogP contribution is -2.26. The highest BCUT2D eigenvalue weighted by Crippen LogP contribution is 2.45. The number of nitrogens with zero attached hydrogens (tertiary/aromatic N) is 1. The molecular formula is C21H23BrN2O3S2. The second kappa shape index (κ2) is 10.4. The Hall–Kier alpha value is -1.64. The molecule has 1 amide bonds. The van der Waals surface area contributed by atoms with Gasteiger partial charge < -0.3 is 9.47 Å². The third kappa shape index (κ3) is 6.42. The molecule has 1 aliphatic heterocycles. The fourth-order valence-electron chi connectivity index (χ4n) is 2.85. The third-order valence-electron chi connectivity index (χ3n) is 4.26. The average Bonchev–Trinajstić information content (AvgIpc) is 3.13. The highest BCUT2D eigenvalue weighted by molar-refractivity contribution is 9.10. The van der Waals surface area contributed by atoms with Crippen molar-refractivity contribution >= 4 is 51.6 Å². The Bertz CT molecular complexity index is 872. The van der Waals surface area contributed by atoms with Crippen molar-refractivity contribution in [3.05, 3.63) is 58.1 Å². The number of benzene rings is 2. The van der Waals surface area contributed by atoms with E-state index in [0.29, 0.717) is 24.5 Å². The normalized spacial score (nSPS) is 15.4. The van der Waals surface area contributed by atoms with Gasteiger partial charge in [0.1, 0.15) is 6.61 Å². The summed E-state index contributed by atoms with van der Waals surface area (Å²) >= 11 is 7.19. The van der Waals surface area contributed by atoms with Gasteiger partial charge in [-0.15, -0.1) is 23.5 Å². The van der Waals surface area contributed by atoms with Crippen LogP contribution in [0.2, 0.25) is 0 Å². The molecule has 0 aliphatic carbocycles. The Kier molecular flexibility index (Phi) is 7.91. The van der Waals surface area contributed by atoms with Gasteiger partial charge in [-0.05, 0) is 46.1 Å². The van der Waals surface area contributed by atoms with E-state index in [2.05, 4.69) is 33.4 Å². The number of rotatable bonds is 8. The number of methoxy groups -OCH3 is 1. The van der Waals surface area contributed by atoms with E-state index in [1.165, 1.54) is 0 Å². The first-order chi connectivity index (χ1) is 14.0. The van der Waals surface area contributed by atoms with E-state index in [4.69, 9.17) is 9.47 Å². The summed E-state index contributed by atoms with van der Waals surface area (Å²) in [6.07, 6.45) is 2.04. The molecule has 1 fully saturated rings. The molecule has 5 nitrogen and oxygen atoms in total. The quantitative estimate of drug-likeness (QED) is 0.409. The third-order valence-corrected chi connectivity index (χ3v) is 8.14. The molecule has 0 atom stereocenters. The molecule has 0 saturated carbocycles. The van der Waals surface area contributed by atoms with Crippen LogP contribution in [0.25, 0.3) is 0 Å². The zero-order valence-electron chi connectivity index (χ0n) is 16.3. The molecule has 2 aromatic carbocycles. The topological polar surface area (TPSA) is 59.9 Å². The monoisotopic (exact) mass is 494 g/mol. The van der Waals surface area contributed by atoms with Crippen LogP contribution >= 0.6 is 39.5 Å². The Labute approximate surface area is 188 Å². The van der Waals surface area contributed by atoms with Crippen LogP contribution in [0, 0.1) is 0 Å². The molecule has 1 N–H and O–H groups in total. The van der Waals surface area contributed by atoms with Gasteiger partial charge in [0.15, 0.2) is 11.5 Å². The summed E-state index contributed by atoms with van der Waals surface area (Å²) in [4.78, 5) is 12.2. The second-order valence-electron chi connectivity index (χ2n) is 6.61. The zero-order chi connectivity index (χ0) is 20.7. The van der Waals surface area contributed by atoms with Crippen LogP contribution in [-0.4, -0.2) is 34.8 Å². The second-order valence-corrected chi connectivity index (χ2v) is 10.9. The number of carbonyl (C=O) groups excluding carboxylic acids is 1. The van der Waals surface area contributed by atoms with Gasteiger partial charge in [0, 0.05) is 11.5 Å². The summed E-state index contributed by atoms with van der Waals surface area (Å²) in [7, 11) is 1.59. The molecule has 1 saturated heterocycles. The molecule has 29 heavy (non-hydrogen) atoms. The number of carbonyl (C=O) groups is 1. The lowest BCUT2D eigenvalue weighted by molar-refractivity contribution is -0.121. The van der Waals surface area contributed by atoms with Crippen LogP contribution in [0.4, 0.5) is 0 Å². The summed E-state index contributed by atoms with van der Waals surface area (Å²) in [5, 5.41) is 4.09. The van der Waals surface area contributed by atoms with E-state index in [9.17, 15) is 4.79 Å². The maximum atomic E-state index is 12.2. The molecule has 1 aliphatic rings. The van der Waals surface area contributed by atoms with Crippen molar-refractivity contribution in [1.82, 2.24) is 5.43 Å². The summed E-state index contributed by atoms with van der Waals surface area (Å²) in [6, 6.07) is 13.6. The van der Waals surface area contributed by atoms with Gasteiger partial charge in [-0.3, -0.25) is 4.79 Å². The summed E-state index contributed by atoms with van der Waals surface area (Å²) in [5.41, 5.74) is 4.48. The van der Waals surface area contributed by atoms with Crippen molar-refractivity contribution in [3.8, 4) is 11.5 Å². The largest absolute Gasteiger partial charge is 0.493 e. The minimum Gasteiger partial charge on any atom is -0.493 e. The molecule has 0 aromatic heterocycles. The predicted octanol–water partition coefficient (Wildman–Crippen LogP) is 5.07. The Morgan fingerprint density at radius 3 is 2.69 bits per heavy atom. The molecule has 8 heteroatoms. The van der Waals surface area contributed by atoms with Gasteiger partial charge in [0.05, 0.1) is 28.3 Å². The maximum Gasteiger partial charge on any atom is 0.242 e. The minimum atomic E-state index is -0.0838. The average molecular weight is 495 g/mol. The van der Waals surface area contributed by atoms with Crippen LogP contribution < -0.4 is 14.9 Å². The first-order valence-electron chi connectivity index (χ1n) is 9.13. The molecule has 0 bridgehead atoms. The number of hydrogen-bond acceptors (Lipinski definition) is 6. The van der Waals surface area contributed by atoms with E-state index in [0.717, 1.165) is 27.1 Å². The number of amides is 1. The van der Waals surface area contributed by atoms with Crippen molar-refractivity contribution in [1.29, 1.82) is 0 Å².